The summed E-state index contributed by atoms with van der Waals surface area (Å²) in [4.78, 5) is 34.9. The Morgan fingerprint density at radius 2 is 2.04 bits per heavy atom. The number of nitrogens with one attached hydrogen (secondary N) is 1. The molecule has 0 bridgehead atoms. The maximum absolute atomic E-state index is 12.3. The fraction of sp³-hybridized carbons (Fsp3) is 0.238. The van der Waals surface area contributed by atoms with Gasteiger partial charge in [-0.25, -0.2) is 4.98 Å². The highest BCUT2D eigenvalue weighted by molar-refractivity contribution is 7.14. The molecular weight excluding hydrogens is 372 g/mol. The van der Waals surface area contributed by atoms with Crippen LogP contribution < -0.4 is 10.2 Å². The van der Waals surface area contributed by atoms with Gasteiger partial charge in [0, 0.05) is 47.1 Å². The van der Waals surface area contributed by atoms with Crippen LogP contribution in [0.15, 0.2) is 48.1 Å². The molecule has 142 valence electrons. The normalized spacial score (nSPS) is 15.4. The largest absolute Gasteiger partial charge is 0.309 e. The highest BCUT2D eigenvalue weighted by atomic mass is 32.1. The molecule has 0 aliphatic carbocycles. The molecule has 28 heavy (non-hydrogen) atoms. The van der Waals surface area contributed by atoms with Gasteiger partial charge < -0.3 is 4.90 Å². The number of aromatic nitrogens is 2. The predicted octanol–water partition coefficient (Wildman–Crippen LogP) is 4.15. The Hall–Kier alpha value is -3.06. The molecule has 1 atom stereocenters. The van der Waals surface area contributed by atoms with E-state index in [9.17, 15) is 9.59 Å². The van der Waals surface area contributed by atoms with Crippen LogP contribution in [0.3, 0.4) is 0 Å². The van der Waals surface area contributed by atoms with Gasteiger partial charge in [-0.05, 0) is 43.2 Å². The zero-order valence-corrected chi connectivity index (χ0v) is 16.5. The Bertz CT molecular complexity index is 1030. The predicted molar refractivity (Wildman–Crippen MR) is 111 cm³/mol. The molecule has 6 nitrogen and oxygen atoms in total. The number of benzene rings is 1. The van der Waals surface area contributed by atoms with Crippen molar-refractivity contribution in [3.63, 3.8) is 0 Å². The van der Waals surface area contributed by atoms with Crippen molar-refractivity contribution in [2.45, 2.75) is 32.7 Å². The molecule has 7 heteroatoms. The van der Waals surface area contributed by atoms with Crippen LogP contribution in [0.1, 0.15) is 36.2 Å². The number of fused-ring (bicyclic) bond motifs is 1. The molecule has 3 heterocycles. The van der Waals surface area contributed by atoms with E-state index in [1.807, 2.05) is 29.3 Å². The average molecular weight is 392 g/mol. The van der Waals surface area contributed by atoms with E-state index in [4.69, 9.17) is 0 Å². The zero-order valence-electron chi connectivity index (χ0n) is 15.7. The van der Waals surface area contributed by atoms with Crippen molar-refractivity contribution < 1.29 is 9.59 Å². The lowest BCUT2D eigenvalue weighted by atomic mass is 10.1. The molecule has 0 radical (unpaired) electrons. The Labute approximate surface area is 167 Å². The van der Waals surface area contributed by atoms with E-state index in [1.54, 1.807) is 24.5 Å². The first-order chi connectivity index (χ1) is 13.6. The van der Waals surface area contributed by atoms with Crippen molar-refractivity contribution >= 4 is 34.0 Å². The van der Waals surface area contributed by atoms with Crippen LogP contribution in [0.2, 0.25) is 0 Å². The maximum atomic E-state index is 12.3. The number of hydrogen-bond donors (Lipinski definition) is 1. The molecule has 0 unspecified atom stereocenters. The zero-order chi connectivity index (χ0) is 19.7. The fourth-order valence-corrected chi connectivity index (χ4v) is 4.19. The first-order valence-corrected chi connectivity index (χ1v) is 10.1. The second-order valence-corrected chi connectivity index (χ2v) is 7.60. The number of hydrogen-bond acceptors (Lipinski definition) is 5. The van der Waals surface area contributed by atoms with E-state index >= 15 is 0 Å². The quantitative estimate of drug-likeness (QED) is 0.724. The molecule has 2 aromatic heterocycles. The number of thiazole rings is 1. The Kier molecular flexibility index (Phi) is 4.92. The van der Waals surface area contributed by atoms with E-state index in [1.165, 1.54) is 11.3 Å². The Morgan fingerprint density at radius 1 is 1.25 bits per heavy atom. The van der Waals surface area contributed by atoms with E-state index in [2.05, 4.69) is 28.3 Å². The summed E-state index contributed by atoms with van der Waals surface area (Å²) in [5.74, 6) is -0.0615. The van der Waals surface area contributed by atoms with E-state index < -0.39 is 0 Å². The monoisotopic (exact) mass is 392 g/mol. The van der Waals surface area contributed by atoms with Crippen molar-refractivity contribution in [1.29, 1.82) is 0 Å². The number of carbonyl (C=O) groups excluding carboxylic acids is 2. The summed E-state index contributed by atoms with van der Waals surface area (Å²) in [5, 5.41) is 5.30. The Morgan fingerprint density at radius 3 is 2.79 bits per heavy atom. The molecule has 1 aliphatic heterocycles. The van der Waals surface area contributed by atoms with Gasteiger partial charge >= 0.3 is 0 Å². The first kappa shape index (κ1) is 18.3. The number of carbonyl (C=O) groups is 2. The molecule has 0 spiro atoms. The van der Waals surface area contributed by atoms with Gasteiger partial charge in [0.05, 0.1) is 5.69 Å². The number of amides is 2. The molecule has 1 N–H and O–H groups in total. The summed E-state index contributed by atoms with van der Waals surface area (Å²) >= 11 is 1.39. The van der Waals surface area contributed by atoms with Crippen molar-refractivity contribution in [2.24, 2.45) is 0 Å². The number of pyridine rings is 1. The SMILES string of the molecule is CCC(=O)N1c2ccc(-c3csc(NC(=O)c4ccncc4)n3)cc2C[C@@H]1C. The minimum absolute atomic E-state index is 0.147. The number of rotatable bonds is 4. The van der Waals surface area contributed by atoms with Crippen molar-refractivity contribution in [2.75, 3.05) is 10.2 Å². The third-order valence-electron chi connectivity index (χ3n) is 4.83. The molecule has 3 aromatic rings. The first-order valence-electron chi connectivity index (χ1n) is 9.19. The van der Waals surface area contributed by atoms with Crippen molar-refractivity contribution in [3.8, 4) is 11.3 Å². The van der Waals surface area contributed by atoms with E-state index in [0.29, 0.717) is 17.1 Å². The van der Waals surface area contributed by atoms with Crippen molar-refractivity contribution in [1.82, 2.24) is 9.97 Å². The van der Waals surface area contributed by atoms with Crippen LogP contribution in [0.5, 0.6) is 0 Å². The summed E-state index contributed by atoms with van der Waals surface area (Å²) in [6, 6.07) is 9.57. The molecule has 2 amide bonds. The molecule has 0 fully saturated rings. The lowest BCUT2D eigenvalue weighted by Crippen LogP contribution is -2.35. The highest BCUT2D eigenvalue weighted by Crippen LogP contribution is 2.36. The lowest BCUT2D eigenvalue weighted by Gasteiger charge is -2.22. The van der Waals surface area contributed by atoms with Gasteiger partial charge in [0.15, 0.2) is 5.13 Å². The van der Waals surface area contributed by atoms with Gasteiger partial charge in [0.25, 0.3) is 5.91 Å². The van der Waals surface area contributed by atoms with Crippen molar-refractivity contribution in [3.05, 3.63) is 59.2 Å². The smallest absolute Gasteiger partial charge is 0.257 e. The standard InChI is InChI=1S/C21H20N4O2S/c1-3-19(26)25-13(2)10-16-11-15(4-5-18(16)25)17-12-28-21(23-17)24-20(27)14-6-8-22-9-7-14/h4-9,11-13H,3,10H2,1-2H3,(H,23,24,27)/t13-/m0/s1. The minimum Gasteiger partial charge on any atom is -0.309 e. The summed E-state index contributed by atoms with van der Waals surface area (Å²) in [6.45, 7) is 3.96. The van der Waals surface area contributed by atoms with Gasteiger partial charge in [-0.2, -0.15) is 0 Å². The van der Waals surface area contributed by atoms with Gasteiger partial charge in [0.1, 0.15) is 0 Å². The van der Waals surface area contributed by atoms with Crippen LogP contribution in [-0.4, -0.2) is 27.8 Å². The van der Waals surface area contributed by atoms with Crippen LogP contribution >= 0.6 is 11.3 Å². The van der Waals surface area contributed by atoms with Gasteiger partial charge in [-0.1, -0.05) is 13.0 Å². The third-order valence-corrected chi connectivity index (χ3v) is 5.59. The molecule has 1 aliphatic rings. The maximum Gasteiger partial charge on any atom is 0.257 e. The number of nitrogens with zero attached hydrogens (tertiary/aromatic N) is 3. The molecule has 4 rings (SSSR count). The van der Waals surface area contributed by atoms with Crippen LogP contribution in [0.25, 0.3) is 11.3 Å². The Balaban J connectivity index is 1.54. The van der Waals surface area contributed by atoms with Crippen LogP contribution in [-0.2, 0) is 11.2 Å². The highest BCUT2D eigenvalue weighted by Gasteiger charge is 2.30. The molecule has 1 aromatic carbocycles. The average Bonchev–Trinajstić information content (AvgIpc) is 3.31. The second-order valence-electron chi connectivity index (χ2n) is 6.74. The van der Waals surface area contributed by atoms with Gasteiger partial charge in [0.2, 0.25) is 5.91 Å². The summed E-state index contributed by atoms with van der Waals surface area (Å²) in [7, 11) is 0. The summed E-state index contributed by atoms with van der Waals surface area (Å²) in [6.07, 6.45) is 4.50. The fourth-order valence-electron chi connectivity index (χ4n) is 3.48. The molecule has 0 saturated carbocycles. The third kappa shape index (κ3) is 3.41. The van der Waals surface area contributed by atoms with E-state index in [0.717, 1.165) is 28.9 Å². The summed E-state index contributed by atoms with van der Waals surface area (Å²) in [5.41, 5.74) is 4.48. The van der Waals surface area contributed by atoms with Gasteiger partial charge in [-0.3, -0.25) is 19.9 Å². The van der Waals surface area contributed by atoms with Crippen LogP contribution in [0, 0.1) is 0 Å². The molecule has 0 saturated heterocycles. The topological polar surface area (TPSA) is 75.2 Å². The minimum atomic E-state index is -0.209. The van der Waals surface area contributed by atoms with Crippen LogP contribution in [0.4, 0.5) is 10.8 Å². The molecular formula is C21H20N4O2S. The second kappa shape index (κ2) is 7.52. The lowest BCUT2D eigenvalue weighted by molar-refractivity contribution is -0.118. The van der Waals surface area contributed by atoms with E-state index in [-0.39, 0.29) is 17.9 Å². The summed E-state index contributed by atoms with van der Waals surface area (Å²) < 4.78 is 0. The number of anilines is 2. The van der Waals surface area contributed by atoms with Gasteiger partial charge in [-0.15, -0.1) is 11.3 Å².